The molecule has 0 aliphatic carbocycles. The lowest BCUT2D eigenvalue weighted by atomic mass is 10.2. The van der Waals surface area contributed by atoms with E-state index in [1.54, 1.807) is 7.11 Å². The summed E-state index contributed by atoms with van der Waals surface area (Å²) < 4.78 is 4.92. The molecule has 110 valence electrons. The van der Waals surface area contributed by atoms with Crippen molar-refractivity contribution in [2.24, 2.45) is 0 Å². The van der Waals surface area contributed by atoms with Crippen LogP contribution in [0.15, 0.2) is 36.7 Å². The van der Waals surface area contributed by atoms with Gasteiger partial charge in [-0.2, -0.15) is 0 Å². The van der Waals surface area contributed by atoms with E-state index in [1.165, 1.54) is 12.4 Å². The number of rotatable bonds is 6. The first-order valence-corrected chi connectivity index (χ1v) is 6.62. The molecule has 6 heteroatoms. The number of benzene rings is 1. The minimum absolute atomic E-state index is 0.234. The molecule has 1 amide bonds. The van der Waals surface area contributed by atoms with Gasteiger partial charge < -0.3 is 15.4 Å². The van der Waals surface area contributed by atoms with Crippen molar-refractivity contribution in [3.05, 3.63) is 47.8 Å². The zero-order valence-electron chi connectivity index (χ0n) is 12.1. The summed E-state index contributed by atoms with van der Waals surface area (Å²) in [6.07, 6.45) is 2.98. The topological polar surface area (TPSA) is 76.1 Å². The summed E-state index contributed by atoms with van der Waals surface area (Å²) in [5, 5.41) is 5.79. The van der Waals surface area contributed by atoms with Crippen LogP contribution in [0.4, 0.5) is 11.6 Å². The summed E-state index contributed by atoms with van der Waals surface area (Å²) >= 11 is 0. The van der Waals surface area contributed by atoms with Gasteiger partial charge in [0.2, 0.25) is 5.95 Å². The van der Waals surface area contributed by atoms with Crippen LogP contribution in [-0.4, -0.2) is 36.1 Å². The van der Waals surface area contributed by atoms with Crippen molar-refractivity contribution in [2.45, 2.75) is 6.92 Å². The molecule has 0 aliphatic rings. The predicted molar refractivity (Wildman–Crippen MR) is 81.5 cm³/mol. The van der Waals surface area contributed by atoms with E-state index in [9.17, 15) is 4.79 Å². The molecule has 0 radical (unpaired) electrons. The molecule has 0 bridgehead atoms. The Balaban J connectivity index is 1.94. The zero-order valence-corrected chi connectivity index (χ0v) is 12.1. The number of nitrogens with zero attached hydrogens (tertiary/aromatic N) is 2. The van der Waals surface area contributed by atoms with Crippen molar-refractivity contribution in [3.63, 3.8) is 0 Å². The van der Waals surface area contributed by atoms with Crippen LogP contribution in [-0.2, 0) is 4.74 Å². The third-order valence-corrected chi connectivity index (χ3v) is 2.81. The molecule has 1 heterocycles. The minimum atomic E-state index is -0.234. The molecule has 1 aromatic heterocycles. The third kappa shape index (κ3) is 4.54. The molecule has 0 saturated carbocycles. The molecule has 0 atom stereocenters. The number of hydrogen-bond donors (Lipinski definition) is 2. The van der Waals surface area contributed by atoms with Crippen LogP contribution in [0, 0.1) is 6.92 Å². The van der Waals surface area contributed by atoms with Crippen LogP contribution >= 0.6 is 0 Å². The van der Waals surface area contributed by atoms with Crippen molar-refractivity contribution in [3.8, 4) is 0 Å². The Morgan fingerprint density at radius 2 is 1.86 bits per heavy atom. The first kappa shape index (κ1) is 14.9. The molecule has 0 spiro atoms. The van der Waals surface area contributed by atoms with Gasteiger partial charge in [-0.1, -0.05) is 17.7 Å². The summed E-state index contributed by atoms with van der Waals surface area (Å²) in [6, 6.07) is 7.59. The summed E-state index contributed by atoms with van der Waals surface area (Å²) in [5.41, 5.74) is 2.29. The van der Waals surface area contributed by atoms with Crippen molar-refractivity contribution >= 4 is 17.5 Å². The van der Waals surface area contributed by atoms with Crippen molar-refractivity contribution < 1.29 is 9.53 Å². The average molecular weight is 286 g/mol. The molecular formula is C15H18N4O2. The number of methoxy groups -OCH3 is 1. The summed E-state index contributed by atoms with van der Waals surface area (Å²) in [6.45, 7) is 3.18. The molecule has 1 aromatic carbocycles. The molecule has 2 aromatic rings. The van der Waals surface area contributed by atoms with Gasteiger partial charge >= 0.3 is 0 Å². The summed E-state index contributed by atoms with van der Waals surface area (Å²) in [7, 11) is 1.63. The van der Waals surface area contributed by atoms with Gasteiger partial charge in [0.15, 0.2) is 0 Å². The van der Waals surface area contributed by atoms with E-state index in [1.807, 2.05) is 31.2 Å². The molecule has 0 fully saturated rings. The fourth-order valence-corrected chi connectivity index (χ4v) is 1.64. The van der Waals surface area contributed by atoms with Gasteiger partial charge in [0.05, 0.1) is 12.2 Å². The van der Waals surface area contributed by atoms with Crippen molar-refractivity contribution in [1.29, 1.82) is 0 Å². The summed E-state index contributed by atoms with van der Waals surface area (Å²) in [5.74, 6) is 0.237. The number of carbonyl (C=O) groups excluding carboxylic acids is 1. The Labute approximate surface area is 123 Å². The Bertz CT molecular complexity index is 582. The SMILES string of the molecule is COCCNc1ncc(C(=O)Nc2ccc(C)cc2)cn1. The second-order valence-corrected chi connectivity index (χ2v) is 4.54. The third-order valence-electron chi connectivity index (χ3n) is 2.81. The van der Waals surface area contributed by atoms with Crippen LogP contribution in [0.25, 0.3) is 0 Å². The van der Waals surface area contributed by atoms with Gasteiger partial charge in [-0.3, -0.25) is 4.79 Å². The Morgan fingerprint density at radius 3 is 2.48 bits per heavy atom. The Hall–Kier alpha value is -2.47. The number of anilines is 2. The van der Waals surface area contributed by atoms with Crippen molar-refractivity contribution in [1.82, 2.24) is 9.97 Å². The van der Waals surface area contributed by atoms with E-state index in [-0.39, 0.29) is 5.91 Å². The normalized spacial score (nSPS) is 10.2. The van der Waals surface area contributed by atoms with Gasteiger partial charge in [-0.05, 0) is 19.1 Å². The van der Waals surface area contributed by atoms with Gasteiger partial charge in [-0.15, -0.1) is 0 Å². The van der Waals surface area contributed by atoms with Crippen LogP contribution in [0.1, 0.15) is 15.9 Å². The number of aromatic nitrogens is 2. The number of carbonyl (C=O) groups is 1. The number of amides is 1. The minimum Gasteiger partial charge on any atom is -0.383 e. The maximum atomic E-state index is 12.0. The van der Waals surface area contributed by atoms with E-state index < -0.39 is 0 Å². The molecule has 2 N–H and O–H groups in total. The number of hydrogen-bond acceptors (Lipinski definition) is 5. The molecule has 6 nitrogen and oxygen atoms in total. The molecule has 21 heavy (non-hydrogen) atoms. The average Bonchev–Trinajstić information content (AvgIpc) is 2.50. The number of nitrogens with one attached hydrogen (secondary N) is 2. The zero-order chi connectivity index (χ0) is 15.1. The highest BCUT2D eigenvalue weighted by Crippen LogP contribution is 2.10. The number of aryl methyl sites for hydroxylation is 1. The predicted octanol–water partition coefficient (Wildman–Crippen LogP) is 2.10. The van der Waals surface area contributed by atoms with Crippen LogP contribution in [0.2, 0.25) is 0 Å². The second-order valence-electron chi connectivity index (χ2n) is 4.54. The second kappa shape index (κ2) is 7.35. The maximum Gasteiger partial charge on any atom is 0.258 e. The quantitative estimate of drug-likeness (QED) is 0.795. The highest BCUT2D eigenvalue weighted by Gasteiger charge is 2.07. The van der Waals surface area contributed by atoms with E-state index in [2.05, 4.69) is 20.6 Å². The Kier molecular flexibility index (Phi) is 5.22. The van der Waals surface area contributed by atoms with Crippen LogP contribution < -0.4 is 10.6 Å². The van der Waals surface area contributed by atoms with Crippen LogP contribution in [0.3, 0.4) is 0 Å². The van der Waals surface area contributed by atoms with Gasteiger partial charge in [0, 0.05) is 31.7 Å². The Morgan fingerprint density at radius 1 is 1.19 bits per heavy atom. The lowest BCUT2D eigenvalue weighted by Gasteiger charge is -2.06. The van der Waals surface area contributed by atoms with Crippen LogP contribution in [0.5, 0.6) is 0 Å². The van der Waals surface area contributed by atoms with Gasteiger partial charge in [0.25, 0.3) is 5.91 Å². The first-order chi connectivity index (χ1) is 10.2. The highest BCUT2D eigenvalue weighted by atomic mass is 16.5. The van der Waals surface area contributed by atoms with Gasteiger partial charge in [0.1, 0.15) is 0 Å². The first-order valence-electron chi connectivity index (χ1n) is 6.62. The monoisotopic (exact) mass is 286 g/mol. The van der Waals surface area contributed by atoms with E-state index >= 15 is 0 Å². The fourth-order valence-electron chi connectivity index (χ4n) is 1.64. The van der Waals surface area contributed by atoms with Gasteiger partial charge in [-0.25, -0.2) is 9.97 Å². The molecule has 0 unspecified atom stereocenters. The van der Waals surface area contributed by atoms with E-state index in [0.29, 0.717) is 24.7 Å². The molecule has 2 rings (SSSR count). The summed E-state index contributed by atoms with van der Waals surface area (Å²) in [4.78, 5) is 20.2. The molecular weight excluding hydrogens is 268 g/mol. The van der Waals surface area contributed by atoms with E-state index in [4.69, 9.17) is 4.74 Å². The lowest BCUT2D eigenvalue weighted by molar-refractivity contribution is 0.102. The largest absolute Gasteiger partial charge is 0.383 e. The van der Waals surface area contributed by atoms with Crippen molar-refractivity contribution in [2.75, 3.05) is 30.9 Å². The fraction of sp³-hybridized carbons (Fsp3) is 0.267. The van der Waals surface area contributed by atoms with E-state index in [0.717, 1.165) is 11.3 Å². The maximum absolute atomic E-state index is 12.0. The highest BCUT2D eigenvalue weighted by molar-refractivity contribution is 6.03. The lowest BCUT2D eigenvalue weighted by Crippen LogP contribution is -2.14. The standard InChI is InChI=1S/C15H18N4O2/c1-11-3-5-13(6-4-11)19-14(20)12-9-17-15(18-10-12)16-7-8-21-2/h3-6,9-10H,7-8H2,1-2H3,(H,19,20)(H,16,17,18). The smallest absolute Gasteiger partial charge is 0.258 e. The number of ether oxygens (including phenoxy) is 1. The molecule has 0 saturated heterocycles. The molecule has 0 aliphatic heterocycles.